The Morgan fingerprint density at radius 3 is 2.38 bits per heavy atom. The Morgan fingerprint density at radius 1 is 1.25 bits per heavy atom. The summed E-state index contributed by atoms with van der Waals surface area (Å²) in [5.74, 6) is 0.357. The zero-order chi connectivity index (χ0) is 12.0. The maximum absolute atomic E-state index is 11.1. The number of carbonyl (C=O) groups is 1. The second-order valence-electron chi connectivity index (χ2n) is 3.44. The van der Waals surface area contributed by atoms with Gasteiger partial charge in [-0.15, -0.1) is 0 Å². The van der Waals surface area contributed by atoms with E-state index in [0.717, 1.165) is 11.3 Å². The smallest absolute Gasteiger partial charge is 0.312 e. The van der Waals surface area contributed by atoms with Crippen molar-refractivity contribution in [3.63, 3.8) is 0 Å². The maximum Gasteiger partial charge on any atom is 0.312 e. The van der Waals surface area contributed by atoms with E-state index in [4.69, 9.17) is 4.74 Å². The summed E-state index contributed by atoms with van der Waals surface area (Å²) in [6.07, 6.45) is 3.70. The Hall–Kier alpha value is -1.77. The van der Waals surface area contributed by atoms with Gasteiger partial charge in [0.05, 0.1) is 20.1 Å². The number of ether oxygens (including phenoxy) is 2. The Morgan fingerprint density at radius 2 is 1.88 bits per heavy atom. The fourth-order valence-corrected chi connectivity index (χ4v) is 1.23. The van der Waals surface area contributed by atoms with Gasteiger partial charge >= 0.3 is 5.97 Å². The molecule has 0 heterocycles. The van der Waals surface area contributed by atoms with Crippen molar-refractivity contribution in [3.05, 3.63) is 35.9 Å². The molecule has 0 radical (unpaired) electrons. The molecule has 0 amide bonds. The highest BCUT2D eigenvalue weighted by atomic mass is 16.5. The summed E-state index contributed by atoms with van der Waals surface area (Å²) in [5.41, 5.74) is 1.02. The van der Waals surface area contributed by atoms with Crippen molar-refractivity contribution in [2.24, 2.45) is 5.92 Å². The topological polar surface area (TPSA) is 35.5 Å². The van der Waals surface area contributed by atoms with E-state index < -0.39 is 0 Å². The summed E-state index contributed by atoms with van der Waals surface area (Å²) < 4.78 is 9.68. The van der Waals surface area contributed by atoms with Crippen molar-refractivity contribution < 1.29 is 14.3 Å². The first kappa shape index (κ1) is 12.3. The first-order chi connectivity index (χ1) is 7.67. The summed E-state index contributed by atoms with van der Waals surface area (Å²) in [4.78, 5) is 11.1. The van der Waals surface area contributed by atoms with Crippen LogP contribution in [0.1, 0.15) is 12.5 Å². The van der Waals surface area contributed by atoms with Crippen LogP contribution in [0.5, 0.6) is 5.75 Å². The van der Waals surface area contributed by atoms with Crippen LogP contribution in [0.2, 0.25) is 0 Å². The molecule has 3 heteroatoms. The summed E-state index contributed by atoms with van der Waals surface area (Å²) in [6.45, 7) is 1.80. The van der Waals surface area contributed by atoms with E-state index in [-0.39, 0.29) is 11.9 Å². The Balaban J connectivity index is 2.65. The molecule has 1 unspecified atom stereocenters. The van der Waals surface area contributed by atoms with Crippen LogP contribution in [-0.4, -0.2) is 20.2 Å². The summed E-state index contributed by atoms with van der Waals surface area (Å²) in [5, 5.41) is 0. The molecule has 16 heavy (non-hydrogen) atoms. The van der Waals surface area contributed by atoms with Gasteiger partial charge in [-0.1, -0.05) is 24.3 Å². The van der Waals surface area contributed by atoms with E-state index in [0.29, 0.717) is 0 Å². The average Bonchev–Trinajstić information content (AvgIpc) is 2.35. The van der Waals surface area contributed by atoms with Crippen molar-refractivity contribution >= 4 is 12.0 Å². The van der Waals surface area contributed by atoms with Crippen molar-refractivity contribution in [2.45, 2.75) is 6.92 Å². The molecule has 0 saturated carbocycles. The van der Waals surface area contributed by atoms with Crippen LogP contribution in [0.15, 0.2) is 30.3 Å². The first-order valence-corrected chi connectivity index (χ1v) is 5.07. The van der Waals surface area contributed by atoms with E-state index in [2.05, 4.69) is 4.74 Å². The average molecular weight is 220 g/mol. The Labute approximate surface area is 95.7 Å². The predicted molar refractivity (Wildman–Crippen MR) is 63.2 cm³/mol. The van der Waals surface area contributed by atoms with E-state index >= 15 is 0 Å². The second-order valence-corrected chi connectivity index (χ2v) is 3.44. The van der Waals surface area contributed by atoms with Crippen LogP contribution in [0.25, 0.3) is 6.08 Å². The SMILES string of the molecule is COC(=O)C(C)/C=C/c1ccc(OC)cc1. The molecule has 86 valence electrons. The number of hydrogen-bond donors (Lipinski definition) is 0. The highest BCUT2D eigenvalue weighted by Crippen LogP contribution is 2.13. The van der Waals surface area contributed by atoms with Crippen LogP contribution in [0.4, 0.5) is 0 Å². The van der Waals surface area contributed by atoms with Gasteiger partial charge in [0, 0.05) is 0 Å². The Bertz CT molecular complexity index is 365. The minimum absolute atomic E-state index is 0.230. The summed E-state index contributed by atoms with van der Waals surface area (Å²) in [6, 6.07) is 7.61. The van der Waals surface area contributed by atoms with E-state index in [1.165, 1.54) is 7.11 Å². The highest BCUT2D eigenvalue weighted by Gasteiger charge is 2.07. The van der Waals surface area contributed by atoms with Gasteiger partial charge in [0.2, 0.25) is 0 Å². The number of esters is 1. The molecule has 0 fully saturated rings. The van der Waals surface area contributed by atoms with Gasteiger partial charge in [-0.2, -0.15) is 0 Å². The monoisotopic (exact) mass is 220 g/mol. The van der Waals surface area contributed by atoms with Gasteiger partial charge in [-0.3, -0.25) is 4.79 Å². The minimum Gasteiger partial charge on any atom is -0.497 e. The molecular formula is C13H16O3. The minimum atomic E-state index is -0.232. The molecule has 3 nitrogen and oxygen atoms in total. The van der Waals surface area contributed by atoms with Crippen molar-refractivity contribution in [2.75, 3.05) is 14.2 Å². The van der Waals surface area contributed by atoms with Crippen molar-refractivity contribution in [1.29, 1.82) is 0 Å². The molecule has 1 rings (SSSR count). The van der Waals surface area contributed by atoms with Gasteiger partial charge < -0.3 is 9.47 Å². The predicted octanol–water partition coefficient (Wildman–Crippen LogP) is 2.52. The van der Waals surface area contributed by atoms with Gasteiger partial charge in [0.1, 0.15) is 5.75 Å². The molecule has 0 aromatic heterocycles. The van der Waals surface area contributed by atoms with Gasteiger partial charge in [-0.25, -0.2) is 0 Å². The van der Waals surface area contributed by atoms with Crippen molar-refractivity contribution in [1.82, 2.24) is 0 Å². The molecule has 1 atom stereocenters. The lowest BCUT2D eigenvalue weighted by Crippen LogP contribution is -2.09. The zero-order valence-corrected chi connectivity index (χ0v) is 9.77. The van der Waals surface area contributed by atoms with Crippen LogP contribution in [-0.2, 0) is 9.53 Å². The van der Waals surface area contributed by atoms with Crippen LogP contribution in [0.3, 0.4) is 0 Å². The zero-order valence-electron chi connectivity index (χ0n) is 9.77. The van der Waals surface area contributed by atoms with Crippen LogP contribution in [0, 0.1) is 5.92 Å². The van der Waals surface area contributed by atoms with Crippen LogP contribution >= 0.6 is 0 Å². The Kier molecular flexibility index (Phi) is 4.58. The molecule has 0 aliphatic rings. The van der Waals surface area contributed by atoms with E-state index in [1.807, 2.05) is 36.4 Å². The van der Waals surface area contributed by atoms with Gasteiger partial charge in [0.15, 0.2) is 0 Å². The summed E-state index contributed by atoms with van der Waals surface area (Å²) in [7, 11) is 3.02. The molecule has 0 bridgehead atoms. The third-order valence-corrected chi connectivity index (χ3v) is 2.27. The van der Waals surface area contributed by atoms with Crippen molar-refractivity contribution in [3.8, 4) is 5.75 Å². The number of carbonyl (C=O) groups excluding carboxylic acids is 1. The highest BCUT2D eigenvalue weighted by molar-refractivity contribution is 5.75. The lowest BCUT2D eigenvalue weighted by Gasteiger charge is -2.03. The fourth-order valence-electron chi connectivity index (χ4n) is 1.23. The molecule has 0 saturated heterocycles. The number of benzene rings is 1. The fraction of sp³-hybridized carbons (Fsp3) is 0.308. The molecule has 0 spiro atoms. The molecule has 1 aromatic carbocycles. The van der Waals surface area contributed by atoms with Gasteiger partial charge in [-0.05, 0) is 24.6 Å². The molecule has 0 aliphatic carbocycles. The molecule has 0 aliphatic heterocycles. The number of hydrogen-bond acceptors (Lipinski definition) is 3. The largest absolute Gasteiger partial charge is 0.497 e. The maximum atomic E-state index is 11.1. The van der Waals surface area contributed by atoms with Crippen LogP contribution < -0.4 is 4.74 Å². The second kappa shape index (κ2) is 5.95. The molecule has 1 aromatic rings. The quantitative estimate of drug-likeness (QED) is 0.731. The molecule has 0 N–H and O–H groups in total. The lowest BCUT2D eigenvalue weighted by atomic mass is 10.1. The summed E-state index contributed by atoms with van der Waals surface area (Å²) >= 11 is 0. The van der Waals surface area contributed by atoms with Gasteiger partial charge in [0.25, 0.3) is 0 Å². The standard InChI is InChI=1S/C13H16O3/c1-10(13(14)16-3)4-5-11-6-8-12(15-2)9-7-11/h4-10H,1-3H3/b5-4+. The molecular weight excluding hydrogens is 204 g/mol. The van der Waals surface area contributed by atoms with E-state index in [9.17, 15) is 4.79 Å². The number of rotatable bonds is 4. The first-order valence-electron chi connectivity index (χ1n) is 5.07. The normalized spacial score (nSPS) is 12.4. The third-order valence-electron chi connectivity index (χ3n) is 2.27. The third kappa shape index (κ3) is 3.42. The lowest BCUT2D eigenvalue weighted by molar-refractivity contribution is -0.143. The van der Waals surface area contributed by atoms with E-state index in [1.54, 1.807) is 14.0 Å². The number of methoxy groups -OCH3 is 2.